The molecule has 0 aliphatic carbocycles. The fourth-order valence-electron chi connectivity index (χ4n) is 8.68. The van der Waals surface area contributed by atoms with Crippen LogP contribution in [0.5, 0.6) is 11.5 Å². The standard InChI is InChI=1S/C46H52N12O3/c1-4-32-26-51-58-37(24-38(52-43(32)58)54-21-9-6-10-22-54)48-25-31-15-20-39(59)56(27-31)29-46(2,3)45(60)55-23-11-12-34(28-55)57-44-40(42(47)49-30-50-44)41(53-57)33-16-18-36(19-17-33)61-35-13-7-5-8-14-35/h5,7-8,13-20,24,26-27,30,34,48H,4,6,9-12,21-23,25,28-29H2,1-3H3,(H2,47,49,50)/t34-/m1/s1. The summed E-state index contributed by atoms with van der Waals surface area (Å²) in [5, 5.41) is 14.0. The fourth-order valence-corrected chi connectivity index (χ4v) is 8.68. The minimum absolute atomic E-state index is 0.0257. The van der Waals surface area contributed by atoms with Crippen molar-refractivity contribution in [2.24, 2.45) is 5.41 Å². The number of piperidine rings is 2. The Morgan fingerprint density at radius 2 is 1.72 bits per heavy atom. The molecule has 1 amide bonds. The van der Waals surface area contributed by atoms with Crippen LogP contribution in [0.4, 0.5) is 17.5 Å². The first-order valence-corrected chi connectivity index (χ1v) is 21.3. The molecule has 7 heterocycles. The minimum Gasteiger partial charge on any atom is -0.457 e. The van der Waals surface area contributed by atoms with Gasteiger partial charge in [-0.25, -0.2) is 19.6 Å². The van der Waals surface area contributed by atoms with Gasteiger partial charge in [-0.2, -0.15) is 14.7 Å². The van der Waals surface area contributed by atoms with Gasteiger partial charge in [0, 0.05) is 68.7 Å². The molecule has 1 atom stereocenters. The zero-order valence-corrected chi connectivity index (χ0v) is 35.0. The van der Waals surface area contributed by atoms with Crippen molar-refractivity contribution in [3.05, 3.63) is 113 Å². The number of ether oxygens (including phenoxy) is 1. The highest BCUT2D eigenvalue weighted by Crippen LogP contribution is 2.36. The van der Waals surface area contributed by atoms with Crippen molar-refractivity contribution in [1.29, 1.82) is 0 Å². The highest BCUT2D eigenvalue weighted by Gasteiger charge is 2.36. The quantitative estimate of drug-likeness (QED) is 0.129. The van der Waals surface area contributed by atoms with Crippen LogP contribution in [0.15, 0.2) is 96.3 Å². The molecule has 0 spiro atoms. The van der Waals surface area contributed by atoms with Gasteiger partial charge in [0.25, 0.3) is 5.56 Å². The molecule has 5 aromatic heterocycles. The zero-order chi connectivity index (χ0) is 42.1. The van der Waals surface area contributed by atoms with E-state index < -0.39 is 5.41 Å². The summed E-state index contributed by atoms with van der Waals surface area (Å²) in [7, 11) is 0. The van der Waals surface area contributed by atoms with Gasteiger partial charge in [0.15, 0.2) is 11.3 Å². The molecule has 7 aromatic rings. The Kier molecular flexibility index (Phi) is 10.9. The van der Waals surface area contributed by atoms with Gasteiger partial charge >= 0.3 is 0 Å². The molecule has 0 unspecified atom stereocenters. The van der Waals surface area contributed by atoms with Crippen molar-refractivity contribution < 1.29 is 9.53 Å². The second kappa shape index (κ2) is 16.7. The van der Waals surface area contributed by atoms with Crippen LogP contribution < -0.4 is 26.2 Å². The average Bonchev–Trinajstić information content (AvgIpc) is 3.90. The molecule has 314 valence electrons. The third-order valence-electron chi connectivity index (χ3n) is 11.9. The van der Waals surface area contributed by atoms with Gasteiger partial charge < -0.3 is 30.2 Å². The highest BCUT2D eigenvalue weighted by molar-refractivity contribution is 5.98. The molecular weight excluding hydrogens is 769 g/mol. The van der Waals surface area contributed by atoms with Crippen molar-refractivity contribution >= 4 is 40.0 Å². The van der Waals surface area contributed by atoms with E-state index in [0.717, 1.165) is 84.9 Å². The van der Waals surface area contributed by atoms with Gasteiger partial charge in [-0.1, -0.05) is 31.2 Å². The van der Waals surface area contributed by atoms with E-state index >= 15 is 0 Å². The topological polar surface area (TPSA) is 167 Å². The number of hydrogen-bond donors (Lipinski definition) is 2. The molecule has 0 radical (unpaired) electrons. The molecule has 2 aliphatic rings. The van der Waals surface area contributed by atoms with Gasteiger partial charge in [-0.05, 0) is 94.3 Å². The number of fused-ring (bicyclic) bond motifs is 2. The molecule has 0 saturated carbocycles. The Morgan fingerprint density at radius 3 is 2.51 bits per heavy atom. The monoisotopic (exact) mass is 820 g/mol. The molecule has 3 N–H and O–H groups in total. The van der Waals surface area contributed by atoms with E-state index in [4.69, 9.17) is 20.6 Å². The van der Waals surface area contributed by atoms with Crippen LogP contribution in [0.3, 0.4) is 0 Å². The first-order chi connectivity index (χ1) is 29.6. The number of nitrogens with zero attached hydrogens (tertiary/aromatic N) is 10. The molecule has 2 aliphatic heterocycles. The van der Waals surface area contributed by atoms with Crippen molar-refractivity contribution in [3.8, 4) is 22.8 Å². The maximum absolute atomic E-state index is 14.4. The lowest BCUT2D eigenvalue weighted by Gasteiger charge is -2.38. The Hall–Kier alpha value is -6.77. The van der Waals surface area contributed by atoms with Crippen molar-refractivity contribution in [2.75, 3.05) is 42.1 Å². The van der Waals surface area contributed by atoms with E-state index in [-0.39, 0.29) is 24.1 Å². The normalized spacial score (nSPS) is 16.0. The van der Waals surface area contributed by atoms with Crippen LogP contribution in [-0.2, 0) is 24.3 Å². The summed E-state index contributed by atoms with van der Waals surface area (Å²) in [4.78, 5) is 45.9. The van der Waals surface area contributed by atoms with Crippen LogP contribution in [0.1, 0.15) is 70.0 Å². The number of likely N-dealkylation sites (tertiary alicyclic amines) is 1. The van der Waals surface area contributed by atoms with Gasteiger partial charge in [-0.3, -0.25) is 9.59 Å². The maximum Gasteiger partial charge on any atom is 0.250 e. The van der Waals surface area contributed by atoms with Gasteiger partial charge in [0.05, 0.1) is 23.0 Å². The third-order valence-corrected chi connectivity index (χ3v) is 11.9. The predicted octanol–water partition coefficient (Wildman–Crippen LogP) is 7.13. The van der Waals surface area contributed by atoms with Crippen molar-refractivity contribution in [1.82, 2.24) is 43.8 Å². The second-order valence-electron chi connectivity index (χ2n) is 16.8. The van der Waals surface area contributed by atoms with Crippen LogP contribution in [0.2, 0.25) is 0 Å². The molecule has 2 fully saturated rings. The number of nitrogens with one attached hydrogen (secondary N) is 1. The number of para-hydroxylation sites is 1. The number of aryl methyl sites for hydroxylation is 1. The number of rotatable bonds is 12. The number of aromatic nitrogens is 8. The molecule has 0 bridgehead atoms. The number of anilines is 3. The summed E-state index contributed by atoms with van der Waals surface area (Å²) in [5.74, 6) is 3.56. The lowest BCUT2D eigenvalue weighted by atomic mass is 9.89. The summed E-state index contributed by atoms with van der Waals surface area (Å²) < 4.78 is 11.4. The Labute approximate surface area is 354 Å². The molecule has 2 aromatic carbocycles. The number of carbonyl (C=O) groups is 1. The zero-order valence-electron chi connectivity index (χ0n) is 35.0. The molecule has 61 heavy (non-hydrogen) atoms. The molecular formula is C46H52N12O3. The highest BCUT2D eigenvalue weighted by atomic mass is 16.5. The SMILES string of the molecule is CCc1cnn2c(NCc3ccc(=O)n(CC(C)(C)C(=O)N4CCC[C@@H](n5nc(-c6ccc(Oc7ccccc7)cc6)c6c(N)ncnc65)C4)c3)cc(N3CCCCC3)nc12. The first kappa shape index (κ1) is 39.7. The van der Waals surface area contributed by atoms with Gasteiger partial charge in [0.1, 0.15) is 41.0 Å². The number of nitrogen functional groups attached to an aromatic ring is 1. The minimum atomic E-state index is -0.877. The smallest absolute Gasteiger partial charge is 0.250 e. The van der Waals surface area contributed by atoms with Crippen LogP contribution >= 0.6 is 0 Å². The Morgan fingerprint density at radius 1 is 0.934 bits per heavy atom. The van der Waals surface area contributed by atoms with E-state index in [0.29, 0.717) is 47.9 Å². The van der Waals surface area contributed by atoms with E-state index in [2.05, 4.69) is 38.3 Å². The maximum atomic E-state index is 14.4. The van der Waals surface area contributed by atoms with E-state index in [1.165, 1.54) is 12.7 Å². The van der Waals surface area contributed by atoms with Gasteiger partial charge in [-0.15, -0.1) is 0 Å². The summed E-state index contributed by atoms with van der Waals surface area (Å²) in [6, 6.07) is 22.7. The Balaban J connectivity index is 0.909. The summed E-state index contributed by atoms with van der Waals surface area (Å²) >= 11 is 0. The predicted molar refractivity (Wildman–Crippen MR) is 237 cm³/mol. The van der Waals surface area contributed by atoms with Crippen LogP contribution in [0, 0.1) is 5.41 Å². The molecule has 9 rings (SSSR count). The number of amides is 1. The van der Waals surface area contributed by atoms with Crippen LogP contribution in [-0.4, -0.2) is 75.9 Å². The number of benzene rings is 2. The second-order valence-corrected chi connectivity index (χ2v) is 16.8. The first-order valence-electron chi connectivity index (χ1n) is 21.3. The molecule has 15 nitrogen and oxygen atoms in total. The third kappa shape index (κ3) is 8.11. The lowest BCUT2D eigenvalue weighted by Crippen LogP contribution is -2.48. The van der Waals surface area contributed by atoms with Gasteiger partial charge in [0.2, 0.25) is 5.91 Å². The van der Waals surface area contributed by atoms with Crippen molar-refractivity contribution in [2.45, 2.75) is 78.4 Å². The van der Waals surface area contributed by atoms with E-state index in [1.807, 2.05) is 101 Å². The largest absolute Gasteiger partial charge is 0.457 e. The fraction of sp³-hybridized carbons (Fsp3) is 0.370. The lowest BCUT2D eigenvalue weighted by molar-refractivity contribution is -0.143. The number of nitrogens with two attached hydrogens (primary N) is 1. The van der Waals surface area contributed by atoms with E-state index in [9.17, 15) is 9.59 Å². The number of hydrogen-bond acceptors (Lipinski definition) is 11. The van der Waals surface area contributed by atoms with Crippen molar-refractivity contribution in [3.63, 3.8) is 0 Å². The number of carbonyl (C=O) groups excluding carboxylic acids is 1. The van der Waals surface area contributed by atoms with Crippen LogP contribution in [0.25, 0.3) is 27.9 Å². The molecule has 2 saturated heterocycles. The summed E-state index contributed by atoms with van der Waals surface area (Å²) in [6.07, 6.45) is 11.2. The Bertz CT molecular complexity index is 2730. The molecule has 15 heteroatoms. The average molecular weight is 821 g/mol. The number of pyridine rings is 1. The van der Waals surface area contributed by atoms with E-state index in [1.54, 1.807) is 10.6 Å². The summed E-state index contributed by atoms with van der Waals surface area (Å²) in [6.45, 7) is 9.65. The summed E-state index contributed by atoms with van der Waals surface area (Å²) in [5.41, 5.74) is 10.4.